The lowest BCUT2D eigenvalue weighted by molar-refractivity contribution is -0.119. The Morgan fingerprint density at radius 3 is 2.32 bits per heavy atom. The molecule has 2 aromatic carbocycles. The molecule has 1 aromatic heterocycles. The number of urea groups is 1. The summed E-state index contributed by atoms with van der Waals surface area (Å²) in [6, 6.07) is 15.2. The van der Waals surface area contributed by atoms with Gasteiger partial charge in [0.05, 0.1) is 22.8 Å². The van der Waals surface area contributed by atoms with E-state index in [2.05, 4.69) is 40.8 Å². The fourth-order valence-electron chi connectivity index (χ4n) is 3.04. The Labute approximate surface area is 168 Å². The van der Waals surface area contributed by atoms with Crippen LogP contribution in [0.3, 0.4) is 0 Å². The second-order valence-corrected chi connectivity index (χ2v) is 7.79. The van der Waals surface area contributed by atoms with Crippen LogP contribution >= 0.6 is 11.8 Å². The predicted octanol–water partition coefficient (Wildman–Crippen LogP) is 3.83. The van der Waals surface area contributed by atoms with Crippen LogP contribution in [0.1, 0.15) is 18.1 Å². The fourth-order valence-corrected chi connectivity index (χ4v) is 3.93. The normalized spacial score (nSPS) is 11.8. The number of carbonyl (C=O) groups is 2. The van der Waals surface area contributed by atoms with Crippen LogP contribution in [0.25, 0.3) is 16.9 Å². The minimum absolute atomic E-state index is 0.449. The zero-order chi connectivity index (χ0) is 20.3. The number of thioether (sulfide) groups is 1. The third-order valence-corrected chi connectivity index (χ3v) is 5.43. The number of imidazole rings is 1. The first-order valence-electron chi connectivity index (χ1n) is 8.85. The maximum atomic E-state index is 12.1. The van der Waals surface area contributed by atoms with Crippen LogP contribution in [0, 0.1) is 13.8 Å². The van der Waals surface area contributed by atoms with Crippen LogP contribution in [-0.4, -0.2) is 26.7 Å². The van der Waals surface area contributed by atoms with Crippen LogP contribution in [0.15, 0.2) is 59.9 Å². The van der Waals surface area contributed by atoms with Crippen molar-refractivity contribution in [3.8, 4) is 16.9 Å². The predicted molar refractivity (Wildman–Crippen MR) is 112 cm³/mol. The van der Waals surface area contributed by atoms with E-state index >= 15 is 0 Å². The van der Waals surface area contributed by atoms with Gasteiger partial charge in [-0.05, 0) is 31.9 Å². The minimum atomic E-state index is -0.861. The van der Waals surface area contributed by atoms with E-state index in [0.29, 0.717) is 5.16 Å². The third kappa shape index (κ3) is 4.09. The first kappa shape index (κ1) is 19.7. The van der Waals surface area contributed by atoms with Gasteiger partial charge in [-0.25, -0.2) is 9.78 Å². The van der Waals surface area contributed by atoms with Gasteiger partial charge >= 0.3 is 6.03 Å². The van der Waals surface area contributed by atoms with Crippen molar-refractivity contribution in [3.05, 3.63) is 65.9 Å². The number of rotatable bonds is 5. The average molecular weight is 395 g/mol. The Balaban J connectivity index is 2.10. The van der Waals surface area contributed by atoms with Crippen LogP contribution in [0.2, 0.25) is 0 Å². The van der Waals surface area contributed by atoms with E-state index in [9.17, 15) is 9.59 Å². The lowest BCUT2D eigenvalue weighted by Crippen LogP contribution is -2.39. The number of aryl methyl sites for hydroxylation is 2. The summed E-state index contributed by atoms with van der Waals surface area (Å²) >= 11 is 1.28. The van der Waals surface area contributed by atoms with Gasteiger partial charge < -0.3 is 5.73 Å². The molecule has 6 nitrogen and oxygen atoms in total. The van der Waals surface area contributed by atoms with Gasteiger partial charge in [0, 0.05) is 5.56 Å². The standard InChI is InChI=1S/C21H22N4O2S/c1-13-8-7-9-14(2)18(13)25-17(16-10-5-4-6-11-16)12-23-21(25)28-15(3)19(26)24-20(22)27/h4-12,15H,1-3H3,(H3,22,24,26,27)/t15-/m1/s1. The molecule has 0 aliphatic heterocycles. The molecule has 0 fully saturated rings. The van der Waals surface area contributed by atoms with Gasteiger partial charge in [-0.3, -0.25) is 14.7 Å². The molecule has 3 rings (SSSR count). The van der Waals surface area contributed by atoms with E-state index in [1.54, 1.807) is 6.92 Å². The number of nitrogens with one attached hydrogen (secondary N) is 1. The largest absolute Gasteiger partial charge is 0.351 e. The van der Waals surface area contributed by atoms with Crippen molar-refractivity contribution in [2.24, 2.45) is 5.73 Å². The van der Waals surface area contributed by atoms with E-state index in [0.717, 1.165) is 28.1 Å². The summed E-state index contributed by atoms with van der Waals surface area (Å²) in [6.07, 6.45) is 1.81. The molecule has 1 heterocycles. The highest BCUT2D eigenvalue weighted by Gasteiger charge is 2.22. The fraction of sp³-hybridized carbons (Fsp3) is 0.190. The number of para-hydroxylation sites is 1. The van der Waals surface area contributed by atoms with E-state index in [-0.39, 0.29) is 0 Å². The molecule has 0 aliphatic carbocycles. The highest BCUT2D eigenvalue weighted by Crippen LogP contribution is 2.34. The van der Waals surface area contributed by atoms with Crippen LogP contribution < -0.4 is 11.1 Å². The number of primary amides is 1. The van der Waals surface area contributed by atoms with Gasteiger partial charge in [-0.1, -0.05) is 60.3 Å². The molecule has 0 bridgehead atoms. The Morgan fingerprint density at radius 1 is 1.07 bits per heavy atom. The molecular formula is C21H22N4O2S. The van der Waals surface area contributed by atoms with Crippen LogP contribution in [-0.2, 0) is 4.79 Å². The third-order valence-electron chi connectivity index (χ3n) is 4.36. The van der Waals surface area contributed by atoms with E-state index in [1.807, 2.05) is 42.6 Å². The summed E-state index contributed by atoms with van der Waals surface area (Å²) in [6.45, 7) is 5.82. The monoisotopic (exact) mass is 394 g/mol. The number of imide groups is 1. The lowest BCUT2D eigenvalue weighted by atomic mass is 10.1. The summed E-state index contributed by atoms with van der Waals surface area (Å²) in [4.78, 5) is 27.7. The molecule has 1 atom stereocenters. The van der Waals surface area contributed by atoms with Crippen molar-refractivity contribution in [3.63, 3.8) is 0 Å². The average Bonchev–Trinajstić information content (AvgIpc) is 3.05. The highest BCUT2D eigenvalue weighted by molar-refractivity contribution is 8.00. The Morgan fingerprint density at radius 2 is 1.71 bits per heavy atom. The van der Waals surface area contributed by atoms with Gasteiger partial charge in [-0.2, -0.15) is 0 Å². The SMILES string of the molecule is Cc1cccc(C)c1-n1c(-c2ccccc2)cnc1S[C@H](C)C(=O)NC(N)=O. The Kier molecular flexibility index (Phi) is 5.84. The van der Waals surface area contributed by atoms with Crippen molar-refractivity contribution < 1.29 is 9.59 Å². The van der Waals surface area contributed by atoms with Crippen molar-refractivity contribution in [1.82, 2.24) is 14.9 Å². The smallest absolute Gasteiger partial charge is 0.318 e. The zero-order valence-electron chi connectivity index (χ0n) is 16.0. The molecule has 0 saturated heterocycles. The van der Waals surface area contributed by atoms with Crippen LogP contribution in [0.4, 0.5) is 4.79 Å². The van der Waals surface area contributed by atoms with Gasteiger partial charge in [0.1, 0.15) is 0 Å². The molecule has 0 radical (unpaired) electrons. The summed E-state index contributed by atoms with van der Waals surface area (Å²) in [7, 11) is 0. The number of hydrogen-bond donors (Lipinski definition) is 2. The van der Waals surface area contributed by atoms with E-state index < -0.39 is 17.2 Å². The number of amides is 3. The molecule has 0 unspecified atom stereocenters. The van der Waals surface area contributed by atoms with Crippen molar-refractivity contribution in [1.29, 1.82) is 0 Å². The summed E-state index contributed by atoms with van der Waals surface area (Å²) in [5, 5.41) is 2.25. The van der Waals surface area contributed by atoms with E-state index in [4.69, 9.17) is 5.73 Å². The number of aromatic nitrogens is 2. The highest BCUT2D eigenvalue weighted by atomic mass is 32.2. The zero-order valence-corrected chi connectivity index (χ0v) is 16.8. The minimum Gasteiger partial charge on any atom is -0.351 e. The van der Waals surface area contributed by atoms with E-state index in [1.165, 1.54) is 11.8 Å². The number of nitrogens with two attached hydrogens (primary N) is 1. The lowest BCUT2D eigenvalue weighted by Gasteiger charge is -2.18. The molecule has 7 heteroatoms. The number of nitrogens with zero attached hydrogens (tertiary/aromatic N) is 2. The summed E-state index contributed by atoms with van der Waals surface area (Å²) in [5.74, 6) is -0.449. The second kappa shape index (κ2) is 8.31. The molecule has 0 spiro atoms. The Hall–Kier alpha value is -3.06. The van der Waals surface area contributed by atoms with Crippen molar-refractivity contribution in [2.75, 3.05) is 0 Å². The number of carbonyl (C=O) groups excluding carboxylic acids is 2. The molecule has 144 valence electrons. The maximum absolute atomic E-state index is 12.1. The number of hydrogen-bond acceptors (Lipinski definition) is 4. The molecule has 3 aromatic rings. The van der Waals surface area contributed by atoms with Gasteiger partial charge in [0.25, 0.3) is 0 Å². The van der Waals surface area contributed by atoms with Crippen molar-refractivity contribution in [2.45, 2.75) is 31.2 Å². The molecule has 0 aliphatic rings. The Bertz CT molecular complexity index is 994. The second-order valence-electron chi connectivity index (χ2n) is 6.48. The van der Waals surface area contributed by atoms with Crippen LogP contribution in [0.5, 0.6) is 0 Å². The first-order valence-corrected chi connectivity index (χ1v) is 9.73. The summed E-state index contributed by atoms with van der Waals surface area (Å²) < 4.78 is 2.07. The van der Waals surface area contributed by atoms with Gasteiger partial charge in [-0.15, -0.1) is 0 Å². The molecule has 3 amide bonds. The quantitative estimate of drug-likeness (QED) is 0.644. The molecule has 3 N–H and O–H groups in total. The van der Waals surface area contributed by atoms with Gasteiger partial charge in [0.2, 0.25) is 5.91 Å². The first-order chi connectivity index (χ1) is 13.4. The summed E-state index contributed by atoms with van der Waals surface area (Å²) in [5.41, 5.74) is 10.3. The molecular weight excluding hydrogens is 372 g/mol. The van der Waals surface area contributed by atoms with Crippen molar-refractivity contribution >= 4 is 23.7 Å². The molecule has 0 saturated carbocycles. The van der Waals surface area contributed by atoms with Gasteiger partial charge in [0.15, 0.2) is 5.16 Å². The maximum Gasteiger partial charge on any atom is 0.318 e. The topological polar surface area (TPSA) is 90.0 Å². The molecule has 28 heavy (non-hydrogen) atoms. The number of benzene rings is 2.